The van der Waals surface area contributed by atoms with Gasteiger partial charge in [-0.15, -0.1) is 12.4 Å². The van der Waals surface area contributed by atoms with E-state index in [1.807, 2.05) is 0 Å². The zero-order chi connectivity index (χ0) is 13.5. The Hall–Kier alpha value is -0.280. The largest absolute Gasteiger partial charge is 0.352 e. The molecule has 0 aromatic carbocycles. The number of hydrogen-bond donors (Lipinski definition) is 2. The fourth-order valence-corrected chi connectivity index (χ4v) is 2.85. The van der Waals surface area contributed by atoms with E-state index in [1.165, 1.54) is 25.7 Å². The normalized spacial score (nSPS) is 24.1. The molecule has 1 amide bonds. The summed E-state index contributed by atoms with van der Waals surface area (Å²) in [5.74, 6) is 1.48. The monoisotopic (exact) mass is 290 g/mol. The minimum atomic E-state index is -0.318. The van der Waals surface area contributed by atoms with Gasteiger partial charge >= 0.3 is 0 Å². The molecule has 114 valence electrons. The predicted octanol–water partition coefficient (Wildman–Crippen LogP) is 3.26. The highest BCUT2D eigenvalue weighted by atomic mass is 35.5. The van der Waals surface area contributed by atoms with Crippen LogP contribution in [-0.4, -0.2) is 18.0 Å². The summed E-state index contributed by atoms with van der Waals surface area (Å²) in [6.45, 7) is 6.59. The lowest BCUT2D eigenvalue weighted by atomic mass is 9.93. The van der Waals surface area contributed by atoms with Crippen molar-refractivity contribution < 1.29 is 4.79 Å². The van der Waals surface area contributed by atoms with Gasteiger partial charge in [-0.2, -0.15) is 0 Å². The van der Waals surface area contributed by atoms with E-state index in [4.69, 9.17) is 5.73 Å². The van der Waals surface area contributed by atoms with E-state index in [2.05, 4.69) is 26.1 Å². The van der Waals surface area contributed by atoms with Gasteiger partial charge in [0.2, 0.25) is 5.91 Å². The van der Waals surface area contributed by atoms with E-state index in [-0.39, 0.29) is 24.4 Å². The van der Waals surface area contributed by atoms with Gasteiger partial charge in [0.05, 0.1) is 6.04 Å². The molecule has 0 spiro atoms. The Kier molecular flexibility index (Phi) is 9.46. The second-order valence-electron chi connectivity index (χ2n) is 6.17. The molecule has 19 heavy (non-hydrogen) atoms. The number of carbonyl (C=O) groups excluding carboxylic acids is 1. The first-order valence-corrected chi connectivity index (χ1v) is 7.60. The van der Waals surface area contributed by atoms with Gasteiger partial charge in [-0.3, -0.25) is 4.79 Å². The molecule has 1 aliphatic carbocycles. The number of nitrogens with one attached hydrogen (secondary N) is 1. The summed E-state index contributed by atoms with van der Waals surface area (Å²) in [4.78, 5) is 11.9. The molecule has 3 unspecified atom stereocenters. The third-order valence-electron chi connectivity index (χ3n) is 4.04. The Morgan fingerprint density at radius 2 is 2.00 bits per heavy atom. The fraction of sp³-hybridized carbons (Fsp3) is 0.933. The average molecular weight is 291 g/mol. The maximum atomic E-state index is 11.9. The van der Waals surface area contributed by atoms with Crippen LogP contribution in [0.4, 0.5) is 0 Å². The van der Waals surface area contributed by atoms with E-state index in [0.29, 0.717) is 12.0 Å². The summed E-state index contributed by atoms with van der Waals surface area (Å²) in [5.41, 5.74) is 5.86. The molecule has 1 fully saturated rings. The van der Waals surface area contributed by atoms with Gasteiger partial charge in [0, 0.05) is 6.04 Å². The fourth-order valence-electron chi connectivity index (χ4n) is 2.85. The van der Waals surface area contributed by atoms with Crippen molar-refractivity contribution in [1.29, 1.82) is 0 Å². The number of hydrogen-bond acceptors (Lipinski definition) is 2. The molecule has 0 bridgehead atoms. The van der Waals surface area contributed by atoms with Crippen LogP contribution in [0.3, 0.4) is 0 Å². The minimum absolute atomic E-state index is 0. The molecule has 1 rings (SSSR count). The van der Waals surface area contributed by atoms with Crippen LogP contribution in [0.2, 0.25) is 0 Å². The highest BCUT2D eigenvalue weighted by Gasteiger charge is 2.29. The van der Waals surface area contributed by atoms with E-state index in [9.17, 15) is 4.79 Å². The maximum Gasteiger partial charge on any atom is 0.237 e. The Labute approximate surface area is 124 Å². The lowest BCUT2D eigenvalue weighted by molar-refractivity contribution is -0.123. The molecule has 0 heterocycles. The molecule has 4 heteroatoms. The Morgan fingerprint density at radius 3 is 2.58 bits per heavy atom. The Bertz CT molecular complexity index is 259. The number of halogens is 1. The SMILES string of the molecule is CCCC(N)C(=O)NC1CCCC1CCC(C)C.Cl. The summed E-state index contributed by atoms with van der Waals surface area (Å²) in [6.07, 6.45) is 7.90. The summed E-state index contributed by atoms with van der Waals surface area (Å²) < 4.78 is 0. The number of rotatable bonds is 7. The van der Waals surface area contributed by atoms with Gasteiger partial charge in [0.25, 0.3) is 0 Å². The summed E-state index contributed by atoms with van der Waals surface area (Å²) in [6, 6.07) is 0.0560. The first-order chi connectivity index (χ1) is 8.54. The summed E-state index contributed by atoms with van der Waals surface area (Å²) >= 11 is 0. The molecule has 0 aromatic heterocycles. The number of nitrogens with two attached hydrogens (primary N) is 1. The van der Waals surface area contributed by atoms with Gasteiger partial charge in [-0.1, -0.05) is 40.0 Å². The van der Waals surface area contributed by atoms with Crippen LogP contribution in [-0.2, 0) is 4.79 Å². The van der Waals surface area contributed by atoms with E-state index in [1.54, 1.807) is 0 Å². The first-order valence-electron chi connectivity index (χ1n) is 7.60. The van der Waals surface area contributed by atoms with Crippen LogP contribution in [0, 0.1) is 11.8 Å². The molecule has 3 nitrogen and oxygen atoms in total. The molecule has 1 aliphatic rings. The molecule has 0 radical (unpaired) electrons. The summed E-state index contributed by atoms with van der Waals surface area (Å²) in [7, 11) is 0. The first kappa shape index (κ1) is 18.7. The molecule has 3 N–H and O–H groups in total. The van der Waals surface area contributed by atoms with Crippen molar-refractivity contribution in [3.8, 4) is 0 Å². The minimum Gasteiger partial charge on any atom is -0.352 e. The van der Waals surface area contributed by atoms with Crippen molar-refractivity contribution in [2.24, 2.45) is 17.6 Å². The number of carbonyl (C=O) groups is 1. The average Bonchev–Trinajstić information content (AvgIpc) is 2.74. The Morgan fingerprint density at radius 1 is 1.32 bits per heavy atom. The zero-order valence-corrected chi connectivity index (χ0v) is 13.5. The van der Waals surface area contributed by atoms with Crippen molar-refractivity contribution in [1.82, 2.24) is 5.32 Å². The van der Waals surface area contributed by atoms with Gasteiger partial charge in [-0.25, -0.2) is 0 Å². The lowest BCUT2D eigenvalue weighted by Gasteiger charge is -2.23. The van der Waals surface area contributed by atoms with Crippen LogP contribution in [0.5, 0.6) is 0 Å². The van der Waals surface area contributed by atoms with E-state index >= 15 is 0 Å². The standard InChI is InChI=1S/C15H30N2O.ClH/c1-4-6-13(16)15(18)17-14-8-5-7-12(14)10-9-11(2)3;/h11-14H,4-10,16H2,1-3H3,(H,17,18);1H. The van der Waals surface area contributed by atoms with Crippen molar-refractivity contribution in [3.63, 3.8) is 0 Å². The molecular formula is C15H31ClN2O. The highest BCUT2D eigenvalue weighted by Crippen LogP contribution is 2.30. The van der Waals surface area contributed by atoms with Gasteiger partial charge in [-0.05, 0) is 37.5 Å². The zero-order valence-electron chi connectivity index (χ0n) is 12.7. The van der Waals surface area contributed by atoms with Crippen LogP contribution in [0.25, 0.3) is 0 Å². The molecule has 0 saturated heterocycles. The van der Waals surface area contributed by atoms with Crippen molar-refractivity contribution in [2.75, 3.05) is 0 Å². The second-order valence-corrected chi connectivity index (χ2v) is 6.17. The highest BCUT2D eigenvalue weighted by molar-refractivity contribution is 5.85. The topological polar surface area (TPSA) is 55.1 Å². The van der Waals surface area contributed by atoms with Crippen molar-refractivity contribution >= 4 is 18.3 Å². The lowest BCUT2D eigenvalue weighted by Crippen LogP contribution is -2.46. The molecule has 1 saturated carbocycles. The van der Waals surface area contributed by atoms with Crippen molar-refractivity contribution in [2.45, 2.75) is 77.8 Å². The van der Waals surface area contributed by atoms with E-state index < -0.39 is 0 Å². The van der Waals surface area contributed by atoms with Gasteiger partial charge < -0.3 is 11.1 Å². The van der Waals surface area contributed by atoms with Crippen LogP contribution < -0.4 is 11.1 Å². The summed E-state index contributed by atoms with van der Waals surface area (Å²) in [5, 5.41) is 3.17. The molecule has 0 aliphatic heterocycles. The molecule has 0 aromatic rings. The van der Waals surface area contributed by atoms with Crippen LogP contribution in [0.15, 0.2) is 0 Å². The molecular weight excluding hydrogens is 260 g/mol. The molecule has 3 atom stereocenters. The van der Waals surface area contributed by atoms with Gasteiger partial charge in [0.15, 0.2) is 0 Å². The van der Waals surface area contributed by atoms with Crippen molar-refractivity contribution in [3.05, 3.63) is 0 Å². The third kappa shape index (κ3) is 6.62. The Balaban J connectivity index is 0.00000324. The van der Waals surface area contributed by atoms with E-state index in [0.717, 1.165) is 25.2 Å². The maximum absolute atomic E-state index is 11.9. The second kappa shape index (κ2) is 9.60. The van der Waals surface area contributed by atoms with Crippen LogP contribution in [0.1, 0.15) is 65.7 Å². The van der Waals surface area contributed by atoms with Gasteiger partial charge in [0.1, 0.15) is 0 Å². The third-order valence-corrected chi connectivity index (χ3v) is 4.04. The number of amides is 1. The van der Waals surface area contributed by atoms with Crippen LogP contribution >= 0.6 is 12.4 Å². The predicted molar refractivity (Wildman–Crippen MR) is 83.5 cm³/mol. The smallest absolute Gasteiger partial charge is 0.237 e. The quantitative estimate of drug-likeness (QED) is 0.756.